The molecule has 1 saturated heterocycles. The zero-order chi connectivity index (χ0) is 20.5. The minimum absolute atomic E-state index is 0. The van der Waals surface area contributed by atoms with Crippen molar-refractivity contribution in [3.8, 4) is 5.88 Å². The summed E-state index contributed by atoms with van der Waals surface area (Å²) in [5.41, 5.74) is 2.45. The van der Waals surface area contributed by atoms with Gasteiger partial charge >= 0.3 is 0 Å². The van der Waals surface area contributed by atoms with Crippen molar-refractivity contribution in [3.63, 3.8) is 0 Å². The van der Waals surface area contributed by atoms with E-state index in [0.717, 1.165) is 44.0 Å². The number of benzene rings is 1. The quantitative estimate of drug-likeness (QED) is 0.329. The molecule has 2 aromatic rings. The van der Waals surface area contributed by atoms with E-state index in [1.165, 1.54) is 5.56 Å². The SMILES string of the molecule is CCNC(=NCc1ccc(OC)nc1)NC1CCN(Cc2ccccc2)C(C)C1.I. The van der Waals surface area contributed by atoms with Gasteiger partial charge < -0.3 is 15.4 Å². The summed E-state index contributed by atoms with van der Waals surface area (Å²) in [6.07, 6.45) is 4.04. The van der Waals surface area contributed by atoms with Gasteiger partial charge in [0.05, 0.1) is 13.7 Å². The van der Waals surface area contributed by atoms with Crippen molar-refractivity contribution >= 4 is 29.9 Å². The average molecular weight is 523 g/mol. The molecule has 6 nitrogen and oxygen atoms in total. The Hall–Kier alpha value is -1.87. The van der Waals surface area contributed by atoms with Gasteiger partial charge in [-0.25, -0.2) is 9.98 Å². The molecule has 1 fully saturated rings. The number of piperidine rings is 1. The van der Waals surface area contributed by atoms with E-state index in [4.69, 9.17) is 9.73 Å². The van der Waals surface area contributed by atoms with E-state index >= 15 is 0 Å². The summed E-state index contributed by atoms with van der Waals surface area (Å²) in [4.78, 5) is 11.6. The van der Waals surface area contributed by atoms with Crippen molar-refractivity contribution in [3.05, 3.63) is 59.8 Å². The van der Waals surface area contributed by atoms with Crippen LogP contribution in [0.25, 0.3) is 0 Å². The van der Waals surface area contributed by atoms with Crippen LogP contribution in [0.5, 0.6) is 5.88 Å². The Morgan fingerprint density at radius 1 is 1.20 bits per heavy atom. The highest BCUT2D eigenvalue weighted by atomic mass is 127. The molecule has 2 N–H and O–H groups in total. The largest absolute Gasteiger partial charge is 0.481 e. The summed E-state index contributed by atoms with van der Waals surface area (Å²) in [6, 6.07) is 15.6. The Morgan fingerprint density at radius 3 is 2.63 bits per heavy atom. The summed E-state index contributed by atoms with van der Waals surface area (Å²) in [5.74, 6) is 1.50. The smallest absolute Gasteiger partial charge is 0.212 e. The lowest BCUT2D eigenvalue weighted by atomic mass is 9.97. The summed E-state index contributed by atoms with van der Waals surface area (Å²) >= 11 is 0. The van der Waals surface area contributed by atoms with E-state index in [9.17, 15) is 0 Å². The Balaban J connectivity index is 0.00000320. The number of aromatic nitrogens is 1. The van der Waals surface area contributed by atoms with E-state index < -0.39 is 0 Å². The van der Waals surface area contributed by atoms with Gasteiger partial charge in [0.15, 0.2) is 5.96 Å². The van der Waals surface area contributed by atoms with Crippen molar-refractivity contribution < 1.29 is 4.74 Å². The van der Waals surface area contributed by atoms with Gasteiger partial charge in [-0.1, -0.05) is 36.4 Å². The maximum Gasteiger partial charge on any atom is 0.212 e. The van der Waals surface area contributed by atoms with Gasteiger partial charge in [0, 0.05) is 44.0 Å². The lowest BCUT2D eigenvalue weighted by Crippen LogP contribution is -2.51. The first-order valence-corrected chi connectivity index (χ1v) is 10.5. The van der Waals surface area contributed by atoms with Crippen LogP contribution in [0.2, 0.25) is 0 Å². The Bertz CT molecular complexity index is 769. The first kappa shape index (κ1) is 24.4. The number of nitrogens with one attached hydrogen (secondary N) is 2. The highest BCUT2D eigenvalue weighted by molar-refractivity contribution is 14.0. The van der Waals surface area contributed by atoms with E-state index in [0.29, 0.717) is 24.5 Å². The molecule has 0 amide bonds. The lowest BCUT2D eigenvalue weighted by molar-refractivity contribution is 0.134. The van der Waals surface area contributed by atoms with E-state index in [1.54, 1.807) is 7.11 Å². The minimum atomic E-state index is 0. The molecular weight excluding hydrogens is 489 g/mol. The van der Waals surface area contributed by atoms with Crippen LogP contribution in [-0.2, 0) is 13.1 Å². The molecule has 3 rings (SSSR count). The molecule has 0 spiro atoms. The monoisotopic (exact) mass is 523 g/mol. The minimum Gasteiger partial charge on any atom is -0.481 e. The summed E-state index contributed by atoms with van der Waals surface area (Å²) in [7, 11) is 1.62. The van der Waals surface area contributed by atoms with Crippen molar-refractivity contribution in [2.24, 2.45) is 4.99 Å². The predicted molar refractivity (Wildman–Crippen MR) is 133 cm³/mol. The molecule has 1 aliphatic rings. The van der Waals surface area contributed by atoms with Crippen LogP contribution in [0.4, 0.5) is 0 Å². The number of halogens is 1. The molecule has 1 aromatic heterocycles. The van der Waals surface area contributed by atoms with Gasteiger partial charge in [0.2, 0.25) is 5.88 Å². The second kappa shape index (κ2) is 12.7. The van der Waals surface area contributed by atoms with Crippen LogP contribution >= 0.6 is 24.0 Å². The summed E-state index contributed by atoms with van der Waals surface area (Å²) in [5, 5.41) is 7.00. The second-order valence-electron chi connectivity index (χ2n) is 7.57. The zero-order valence-electron chi connectivity index (χ0n) is 18.2. The normalized spacial score (nSPS) is 19.6. The van der Waals surface area contributed by atoms with E-state index in [2.05, 4.69) is 64.7 Å². The van der Waals surface area contributed by atoms with Gasteiger partial charge in [0.1, 0.15) is 0 Å². The molecule has 2 atom stereocenters. The van der Waals surface area contributed by atoms with Crippen molar-refractivity contribution in [2.45, 2.75) is 51.9 Å². The Kier molecular flexibility index (Phi) is 10.4. The molecule has 7 heteroatoms. The number of hydrogen-bond donors (Lipinski definition) is 2. The van der Waals surface area contributed by atoms with Crippen LogP contribution in [0.15, 0.2) is 53.7 Å². The third-order valence-electron chi connectivity index (χ3n) is 5.35. The van der Waals surface area contributed by atoms with Crippen LogP contribution < -0.4 is 15.4 Å². The van der Waals surface area contributed by atoms with Crippen LogP contribution in [0, 0.1) is 0 Å². The van der Waals surface area contributed by atoms with Crippen molar-refractivity contribution in [1.29, 1.82) is 0 Å². The second-order valence-corrected chi connectivity index (χ2v) is 7.57. The molecular formula is C23H34IN5O. The number of ether oxygens (including phenoxy) is 1. The van der Waals surface area contributed by atoms with Crippen LogP contribution in [0.3, 0.4) is 0 Å². The number of hydrogen-bond acceptors (Lipinski definition) is 4. The van der Waals surface area contributed by atoms with Gasteiger partial charge in [-0.05, 0) is 37.8 Å². The fourth-order valence-corrected chi connectivity index (χ4v) is 3.71. The van der Waals surface area contributed by atoms with Crippen LogP contribution in [0.1, 0.15) is 37.8 Å². The van der Waals surface area contributed by atoms with Crippen molar-refractivity contribution in [2.75, 3.05) is 20.2 Å². The highest BCUT2D eigenvalue weighted by Gasteiger charge is 2.25. The number of aliphatic imine (C=N–C) groups is 1. The van der Waals surface area contributed by atoms with E-state index in [-0.39, 0.29) is 24.0 Å². The molecule has 0 bridgehead atoms. The lowest BCUT2D eigenvalue weighted by Gasteiger charge is -2.38. The van der Waals surface area contributed by atoms with Gasteiger partial charge in [-0.3, -0.25) is 4.90 Å². The molecule has 30 heavy (non-hydrogen) atoms. The van der Waals surface area contributed by atoms with Gasteiger partial charge in [0.25, 0.3) is 0 Å². The first-order chi connectivity index (χ1) is 14.2. The maximum atomic E-state index is 5.11. The highest BCUT2D eigenvalue weighted by Crippen LogP contribution is 2.20. The number of nitrogens with zero attached hydrogens (tertiary/aromatic N) is 3. The molecule has 1 aromatic carbocycles. The predicted octanol–water partition coefficient (Wildman–Crippen LogP) is 3.82. The molecule has 164 valence electrons. The Labute approximate surface area is 197 Å². The standard InChI is InChI=1S/C23H33N5O.HI/c1-4-24-23(26-16-20-10-11-22(29-3)25-15-20)27-21-12-13-28(18(2)14-21)17-19-8-6-5-7-9-19;/h5-11,15,18,21H,4,12-14,16-17H2,1-3H3,(H2,24,26,27);1H. The number of rotatable bonds is 7. The molecule has 0 saturated carbocycles. The molecule has 2 heterocycles. The fourth-order valence-electron chi connectivity index (χ4n) is 3.71. The molecule has 0 aliphatic carbocycles. The molecule has 2 unspecified atom stereocenters. The van der Waals surface area contributed by atoms with Gasteiger partial charge in [-0.2, -0.15) is 0 Å². The molecule has 0 radical (unpaired) electrons. The Morgan fingerprint density at radius 2 is 2.00 bits per heavy atom. The van der Waals surface area contributed by atoms with Gasteiger partial charge in [-0.15, -0.1) is 24.0 Å². The van der Waals surface area contributed by atoms with E-state index in [1.807, 2.05) is 18.3 Å². The van der Waals surface area contributed by atoms with Crippen molar-refractivity contribution in [1.82, 2.24) is 20.5 Å². The fraction of sp³-hybridized carbons (Fsp3) is 0.478. The zero-order valence-corrected chi connectivity index (χ0v) is 20.5. The molecule has 1 aliphatic heterocycles. The number of likely N-dealkylation sites (tertiary alicyclic amines) is 1. The third-order valence-corrected chi connectivity index (χ3v) is 5.35. The maximum absolute atomic E-state index is 5.11. The third kappa shape index (κ3) is 7.43. The van der Waals surface area contributed by atoms with Crippen LogP contribution in [-0.4, -0.2) is 48.1 Å². The first-order valence-electron chi connectivity index (χ1n) is 10.5. The number of pyridine rings is 1. The number of guanidine groups is 1. The number of methoxy groups -OCH3 is 1. The average Bonchev–Trinajstić information content (AvgIpc) is 2.75. The summed E-state index contributed by atoms with van der Waals surface area (Å²) in [6.45, 7) is 7.97. The topological polar surface area (TPSA) is 61.8 Å². The summed E-state index contributed by atoms with van der Waals surface area (Å²) < 4.78 is 5.11.